The number of nitrogens with zero attached hydrogens (tertiary/aromatic N) is 1. The molecule has 1 heterocycles. The lowest BCUT2D eigenvalue weighted by Gasteiger charge is -2.16. The minimum Gasteiger partial charge on any atom is -0.395 e. The molecule has 0 aliphatic rings. The fraction of sp³-hybridized carbons (Fsp3) is 0.571. The summed E-state index contributed by atoms with van der Waals surface area (Å²) in [5.74, 6) is 0. The Morgan fingerprint density at radius 3 is 2.22 bits per heavy atom. The van der Waals surface area contributed by atoms with E-state index in [4.69, 9.17) is 40.6 Å². The number of hydrogen-bond donors (Lipinski definition) is 2. The van der Waals surface area contributed by atoms with Crippen molar-refractivity contribution in [3.8, 4) is 0 Å². The van der Waals surface area contributed by atoms with Crippen molar-refractivity contribution in [1.82, 2.24) is 4.98 Å². The van der Waals surface area contributed by atoms with Crippen LogP contribution in [0.4, 0.5) is 11.4 Å². The monoisotopic (exact) mass is 489 g/mol. The Kier molecular flexibility index (Phi) is 12.3. The standard InChI is InChI=1S/C21H33ClN3O6P/c1-3-30-32(26,31-4-2)16-15-29-14-13-28-12-11-27-10-9-24-20-17-7-5-6-8-18(17)25-21(22)19(20)23/h5-8H,3-4,9-16,23H2,1-2H3,(H,24,25). The second kappa shape index (κ2) is 14.6. The maximum Gasteiger partial charge on any atom is 0.332 e. The van der Waals surface area contributed by atoms with Gasteiger partial charge in [0.1, 0.15) is 0 Å². The lowest BCUT2D eigenvalue weighted by atomic mass is 10.1. The van der Waals surface area contributed by atoms with E-state index in [1.165, 1.54) is 0 Å². The molecule has 1 aromatic heterocycles. The first kappa shape index (κ1) is 26.8. The Hall–Kier alpha value is -1.45. The van der Waals surface area contributed by atoms with E-state index in [1.807, 2.05) is 24.3 Å². The molecule has 0 bridgehead atoms. The molecule has 0 atom stereocenters. The van der Waals surface area contributed by atoms with Gasteiger partial charge in [-0.15, -0.1) is 0 Å². The zero-order valence-electron chi connectivity index (χ0n) is 18.7. The van der Waals surface area contributed by atoms with Gasteiger partial charge in [0.25, 0.3) is 0 Å². The lowest BCUT2D eigenvalue weighted by Crippen LogP contribution is -2.15. The van der Waals surface area contributed by atoms with Crippen molar-refractivity contribution in [2.45, 2.75) is 13.8 Å². The van der Waals surface area contributed by atoms with Crippen LogP contribution < -0.4 is 11.1 Å². The molecule has 2 rings (SSSR count). The number of anilines is 2. The van der Waals surface area contributed by atoms with Crippen molar-refractivity contribution in [3.63, 3.8) is 0 Å². The van der Waals surface area contributed by atoms with E-state index in [0.717, 1.165) is 16.6 Å². The smallest absolute Gasteiger partial charge is 0.332 e. The van der Waals surface area contributed by atoms with E-state index in [-0.39, 0.29) is 11.3 Å². The Balaban J connectivity index is 1.54. The number of benzene rings is 1. The molecule has 0 aliphatic heterocycles. The number of nitrogens with one attached hydrogen (secondary N) is 1. The summed E-state index contributed by atoms with van der Waals surface area (Å²) in [7, 11) is -3.05. The maximum atomic E-state index is 12.3. The molecular weight excluding hydrogens is 457 g/mol. The molecule has 1 aromatic carbocycles. The van der Waals surface area contributed by atoms with Gasteiger partial charge < -0.3 is 34.3 Å². The van der Waals surface area contributed by atoms with E-state index < -0.39 is 7.60 Å². The van der Waals surface area contributed by atoms with Crippen LogP contribution in [0.25, 0.3) is 10.9 Å². The molecule has 3 N–H and O–H groups in total. The molecule has 0 aliphatic carbocycles. The van der Waals surface area contributed by atoms with Gasteiger partial charge in [-0.2, -0.15) is 0 Å². The van der Waals surface area contributed by atoms with Crippen LogP contribution in [0.15, 0.2) is 24.3 Å². The zero-order chi connectivity index (χ0) is 23.2. The summed E-state index contributed by atoms with van der Waals surface area (Å²) in [4.78, 5) is 4.29. The highest BCUT2D eigenvalue weighted by Crippen LogP contribution is 2.47. The largest absolute Gasteiger partial charge is 0.395 e. The first-order chi connectivity index (χ1) is 15.5. The summed E-state index contributed by atoms with van der Waals surface area (Å²) < 4.78 is 39.2. The number of ether oxygens (including phenoxy) is 3. The maximum absolute atomic E-state index is 12.3. The number of rotatable bonds is 17. The van der Waals surface area contributed by atoms with Gasteiger partial charge in [0.05, 0.1) is 75.9 Å². The van der Waals surface area contributed by atoms with Crippen LogP contribution in [-0.4, -0.2) is 70.5 Å². The van der Waals surface area contributed by atoms with Gasteiger partial charge >= 0.3 is 7.60 Å². The molecule has 32 heavy (non-hydrogen) atoms. The van der Waals surface area contributed by atoms with E-state index in [2.05, 4.69) is 10.3 Å². The van der Waals surface area contributed by atoms with Gasteiger partial charge in [0.15, 0.2) is 5.15 Å². The van der Waals surface area contributed by atoms with Crippen molar-refractivity contribution in [2.24, 2.45) is 0 Å². The van der Waals surface area contributed by atoms with E-state index in [1.54, 1.807) is 13.8 Å². The average molecular weight is 490 g/mol. The predicted molar refractivity (Wildman–Crippen MR) is 128 cm³/mol. The predicted octanol–water partition coefficient (Wildman–Crippen LogP) is 4.20. The highest BCUT2D eigenvalue weighted by atomic mass is 35.5. The topological polar surface area (TPSA) is 114 Å². The van der Waals surface area contributed by atoms with Crippen LogP contribution in [0, 0.1) is 0 Å². The molecule has 0 saturated carbocycles. The van der Waals surface area contributed by atoms with Crippen LogP contribution in [0.5, 0.6) is 0 Å². The Morgan fingerprint density at radius 1 is 0.969 bits per heavy atom. The van der Waals surface area contributed by atoms with Crippen molar-refractivity contribution in [1.29, 1.82) is 0 Å². The number of hydrogen-bond acceptors (Lipinski definition) is 9. The molecule has 9 nitrogen and oxygen atoms in total. The molecule has 2 aromatic rings. The lowest BCUT2D eigenvalue weighted by molar-refractivity contribution is 0.0185. The second-order valence-corrected chi connectivity index (χ2v) is 9.19. The minimum absolute atomic E-state index is 0.229. The SMILES string of the molecule is CCOP(=O)(CCOCCOCCOCCNc1c(N)c(Cl)nc2ccccc12)OCC. The van der Waals surface area contributed by atoms with Crippen LogP contribution >= 0.6 is 19.2 Å². The van der Waals surface area contributed by atoms with Gasteiger partial charge in [-0.1, -0.05) is 29.8 Å². The van der Waals surface area contributed by atoms with Crippen molar-refractivity contribution < 1.29 is 27.8 Å². The van der Waals surface area contributed by atoms with E-state index in [0.29, 0.717) is 65.1 Å². The number of aromatic nitrogens is 1. The Morgan fingerprint density at radius 2 is 1.56 bits per heavy atom. The van der Waals surface area contributed by atoms with E-state index >= 15 is 0 Å². The van der Waals surface area contributed by atoms with Gasteiger partial charge in [0.2, 0.25) is 0 Å². The minimum atomic E-state index is -3.05. The number of halogens is 1. The van der Waals surface area contributed by atoms with Gasteiger partial charge in [-0.3, -0.25) is 4.57 Å². The molecule has 0 amide bonds. The van der Waals surface area contributed by atoms with Crippen molar-refractivity contribution in [3.05, 3.63) is 29.4 Å². The number of fused-ring (bicyclic) bond motifs is 1. The molecule has 180 valence electrons. The van der Waals surface area contributed by atoms with Gasteiger partial charge in [0, 0.05) is 11.9 Å². The Bertz CT molecular complexity index is 863. The molecule has 0 saturated heterocycles. The number of pyridine rings is 1. The fourth-order valence-corrected chi connectivity index (χ4v) is 4.57. The first-order valence-electron chi connectivity index (χ1n) is 10.7. The zero-order valence-corrected chi connectivity index (χ0v) is 20.3. The van der Waals surface area contributed by atoms with Crippen molar-refractivity contribution >= 4 is 41.5 Å². The third kappa shape index (κ3) is 8.83. The summed E-state index contributed by atoms with van der Waals surface area (Å²) in [5, 5.41) is 4.47. The second-order valence-electron chi connectivity index (χ2n) is 6.64. The first-order valence-corrected chi connectivity index (χ1v) is 12.8. The highest BCUT2D eigenvalue weighted by molar-refractivity contribution is 7.53. The van der Waals surface area contributed by atoms with Gasteiger partial charge in [-0.25, -0.2) is 4.98 Å². The summed E-state index contributed by atoms with van der Waals surface area (Å²) in [6, 6.07) is 7.66. The third-order valence-electron chi connectivity index (χ3n) is 4.34. The van der Waals surface area contributed by atoms with Crippen LogP contribution in [0.1, 0.15) is 13.8 Å². The molecule has 0 fully saturated rings. The molecular formula is C21H33ClN3O6P. The van der Waals surface area contributed by atoms with Crippen LogP contribution in [0.2, 0.25) is 5.15 Å². The van der Waals surface area contributed by atoms with Crippen LogP contribution in [-0.2, 0) is 27.8 Å². The summed E-state index contributed by atoms with van der Waals surface area (Å²) in [6.45, 7) is 7.32. The number of nitrogen functional groups attached to an aromatic ring is 1. The molecule has 0 radical (unpaired) electrons. The summed E-state index contributed by atoms with van der Waals surface area (Å²) in [6.07, 6.45) is 0.229. The van der Waals surface area contributed by atoms with Crippen LogP contribution in [0.3, 0.4) is 0 Å². The summed E-state index contributed by atoms with van der Waals surface area (Å²) >= 11 is 6.13. The number of nitrogens with two attached hydrogens (primary N) is 1. The Labute approximate surface area is 194 Å². The van der Waals surface area contributed by atoms with Gasteiger partial charge in [-0.05, 0) is 19.9 Å². The normalized spacial score (nSPS) is 11.8. The highest BCUT2D eigenvalue weighted by Gasteiger charge is 2.22. The van der Waals surface area contributed by atoms with Crippen molar-refractivity contribution in [2.75, 3.05) is 76.6 Å². The van der Waals surface area contributed by atoms with E-state index in [9.17, 15) is 4.57 Å². The fourth-order valence-electron chi connectivity index (χ4n) is 2.91. The quantitative estimate of drug-likeness (QED) is 0.192. The number of para-hydroxylation sites is 1. The average Bonchev–Trinajstić information content (AvgIpc) is 2.77. The molecule has 0 spiro atoms. The summed E-state index contributed by atoms with van der Waals surface area (Å²) in [5.41, 5.74) is 8.04. The third-order valence-corrected chi connectivity index (χ3v) is 6.66. The molecule has 0 unspecified atom stereocenters. The molecule has 11 heteroatoms.